The summed E-state index contributed by atoms with van der Waals surface area (Å²) in [7, 11) is 0. The summed E-state index contributed by atoms with van der Waals surface area (Å²) >= 11 is 3.30. The average molecular weight is 344 g/mol. The summed E-state index contributed by atoms with van der Waals surface area (Å²) in [5.41, 5.74) is 5.42. The van der Waals surface area contributed by atoms with Gasteiger partial charge in [-0.2, -0.15) is 0 Å². The number of aliphatic carboxylic acids is 1. The number of carbonyl (C=O) groups is 3. The highest BCUT2D eigenvalue weighted by Gasteiger charge is 2.30. The Balaban J connectivity index is 2.26. The molecule has 1 aromatic rings. The minimum Gasteiger partial charge on any atom is -0.480 e. The maximum atomic E-state index is 12.4. The van der Waals surface area contributed by atoms with Crippen molar-refractivity contribution >= 4 is 33.7 Å². The Morgan fingerprint density at radius 3 is 2.55 bits per heavy atom. The summed E-state index contributed by atoms with van der Waals surface area (Å²) in [6.45, 7) is -0.978. The van der Waals surface area contributed by atoms with Gasteiger partial charge in [0.2, 0.25) is 5.91 Å². The lowest BCUT2D eigenvalue weighted by atomic mass is 10.3. The number of hydrogen-bond donors (Lipinski definition) is 2. The van der Waals surface area contributed by atoms with Gasteiger partial charge in [-0.3, -0.25) is 14.4 Å². The first-order valence-corrected chi connectivity index (χ1v) is 6.84. The first kappa shape index (κ1) is 14.6. The number of nitrogens with zero attached hydrogens (tertiary/aromatic N) is 2. The summed E-state index contributed by atoms with van der Waals surface area (Å²) in [5.74, 6) is -2.45. The third kappa shape index (κ3) is 3.38. The molecule has 7 nitrogen and oxygen atoms in total. The van der Waals surface area contributed by atoms with Gasteiger partial charge < -0.3 is 20.3 Å². The van der Waals surface area contributed by atoms with Gasteiger partial charge in [0.15, 0.2) is 0 Å². The molecule has 0 unspecified atom stereocenters. The van der Waals surface area contributed by atoms with Crippen molar-refractivity contribution in [3.63, 3.8) is 0 Å². The van der Waals surface area contributed by atoms with Crippen LogP contribution in [0.5, 0.6) is 0 Å². The molecule has 0 saturated heterocycles. The predicted molar refractivity (Wildman–Crippen MR) is 73.1 cm³/mol. The van der Waals surface area contributed by atoms with Crippen molar-refractivity contribution in [2.45, 2.75) is 18.9 Å². The molecule has 1 fully saturated rings. The highest BCUT2D eigenvalue weighted by atomic mass is 79.9. The number of carboxylic acid groups (broad SMARTS) is 1. The molecule has 1 saturated carbocycles. The Morgan fingerprint density at radius 1 is 1.40 bits per heavy atom. The van der Waals surface area contributed by atoms with Crippen molar-refractivity contribution < 1.29 is 19.5 Å². The van der Waals surface area contributed by atoms with Gasteiger partial charge in [0, 0.05) is 16.7 Å². The van der Waals surface area contributed by atoms with Crippen molar-refractivity contribution in [2.24, 2.45) is 5.73 Å². The predicted octanol–water partition coefficient (Wildman–Crippen LogP) is 0.598. The topological polar surface area (TPSA) is 106 Å². The molecule has 3 N–H and O–H groups in total. The summed E-state index contributed by atoms with van der Waals surface area (Å²) in [4.78, 5) is 35.1. The lowest BCUT2D eigenvalue weighted by Gasteiger charge is -2.19. The van der Waals surface area contributed by atoms with Crippen LogP contribution < -0.4 is 5.73 Å². The molecule has 1 aromatic heterocycles. The van der Waals surface area contributed by atoms with Crippen LogP contribution in [0.4, 0.5) is 0 Å². The molecule has 108 valence electrons. The van der Waals surface area contributed by atoms with E-state index in [1.54, 1.807) is 12.3 Å². The van der Waals surface area contributed by atoms with Crippen molar-refractivity contribution in [1.29, 1.82) is 0 Å². The van der Waals surface area contributed by atoms with Crippen LogP contribution in [-0.2, 0) is 9.59 Å². The zero-order valence-electron chi connectivity index (χ0n) is 10.6. The van der Waals surface area contributed by atoms with E-state index in [0.717, 1.165) is 22.2 Å². The van der Waals surface area contributed by atoms with Gasteiger partial charge in [-0.05, 0) is 34.8 Å². The monoisotopic (exact) mass is 343 g/mol. The quantitative estimate of drug-likeness (QED) is 0.788. The Labute approximate surface area is 123 Å². The van der Waals surface area contributed by atoms with Crippen LogP contribution in [0, 0.1) is 0 Å². The summed E-state index contributed by atoms with van der Waals surface area (Å²) < 4.78 is 2.55. The van der Waals surface area contributed by atoms with Crippen LogP contribution >= 0.6 is 15.9 Å². The molecule has 0 atom stereocenters. The lowest BCUT2D eigenvalue weighted by Crippen LogP contribution is -2.42. The smallest absolute Gasteiger partial charge is 0.323 e. The molecule has 2 rings (SSSR count). The van der Waals surface area contributed by atoms with E-state index in [-0.39, 0.29) is 6.04 Å². The number of aromatic nitrogens is 1. The van der Waals surface area contributed by atoms with Crippen molar-refractivity contribution in [1.82, 2.24) is 9.47 Å². The molecular weight excluding hydrogens is 330 g/mol. The maximum absolute atomic E-state index is 12.4. The number of carboxylic acids is 1. The van der Waals surface area contributed by atoms with Gasteiger partial charge in [-0.1, -0.05) is 0 Å². The van der Waals surface area contributed by atoms with Crippen LogP contribution in [-0.4, -0.2) is 45.4 Å². The van der Waals surface area contributed by atoms with E-state index in [2.05, 4.69) is 15.9 Å². The molecule has 20 heavy (non-hydrogen) atoms. The molecular formula is C12H14BrN3O4. The Bertz CT molecular complexity index is 549. The van der Waals surface area contributed by atoms with Crippen LogP contribution in [0.25, 0.3) is 0 Å². The van der Waals surface area contributed by atoms with E-state index in [1.165, 1.54) is 0 Å². The molecule has 0 aromatic carbocycles. The molecule has 1 heterocycles. The summed E-state index contributed by atoms with van der Waals surface area (Å²) in [5, 5.41) is 8.83. The second-order valence-electron chi connectivity index (χ2n) is 4.70. The van der Waals surface area contributed by atoms with E-state index in [0.29, 0.717) is 5.69 Å². The Kier molecular flexibility index (Phi) is 4.12. The largest absolute Gasteiger partial charge is 0.480 e. The van der Waals surface area contributed by atoms with Gasteiger partial charge in [0.05, 0.1) is 0 Å². The maximum Gasteiger partial charge on any atom is 0.323 e. The lowest BCUT2D eigenvalue weighted by molar-refractivity contribution is -0.138. The average Bonchev–Trinajstić information content (AvgIpc) is 3.09. The van der Waals surface area contributed by atoms with Crippen LogP contribution in [0.2, 0.25) is 0 Å². The fraction of sp³-hybridized carbons (Fsp3) is 0.417. The van der Waals surface area contributed by atoms with E-state index >= 15 is 0 Å². The molecule has 0 bridgehead atoms. The molecule has 2 amide bonds. The van der Waals surface area contributed by atoms with Gasteiger partial charge in [0.25, 0.3) is 5.91 Å². The van der Waals surface area contributed by atoms with E-state index in [1.807, 2.05) is 4.57 Å². The number of hydrogen-bond acceptors (Lipinski definition) is 3. The molecule has 0 radical (unpaired) electrons. The highest BCUT2D eigenvalue weighted by Crippen LogP contribution is 2.37. The number of rotatable bonds is 6. The third-order valence-corrected chi connectivity index (χ3v) is 3.37. The van der Waals surface area contributed by atoms with Crippen LogP contribution in [0.3, 0.4) is 0 Å². The molecule has 1 aliphatic rings. The van der Waals surface area contributed by atoms with Gasteiger partial charge >= 0.3 is 5.97 Å². The number of carbonyl (C=O) groups excluding carboxylic acids is 2. The van der Waals surface area contributed by atoms with Crippen molar-refractivity contribution in [3.05, 3.63) is 22.4 Å². The number of primary amides is 1. The van der Waals surface area contributed by atoms with E-state index in [9.17, 15) is 14.4 Å². The SMILES string of the molecule is NC(=O)CN(CC(=O)O)C(=O)c1cc(Br)cn1C1CC1. The van der Waals surface area contributed by atoms with Crippen molar-refractivity contribution in [3.8, 4) is 0 Å². The van der Waals surface area contributed by atoms with Crippen LogP contribution in [0.15, 0.2) is 16.7 Å². The fourth-order valence-electron chi connectivity index (χ4n) is 1.98. The molecule has 8 heteroatoms. The minimum absolute atomic E-state index is 0.264. The minimum atomic E-state index is -1.19. The standard InChI is InChI=1S/C12H14BrN3O4/c13-7-3-9(16(4-7)8-1-2-8)12(20)15(5-10(14)17)6-11(18)19/h3-4,8H,1-2,5-6H2,(H2,14,17)(H,18,19). The number of amides is 2. The van der Waals surface area contributed by atoms with Gasteiger partial charge in [0.1, 0.15) is 18.8 Å². The first-order chi connectivity index (χ1) is 9.38. The number of halogens is 1. The second kappa shape index (κ2) is 5.66. The zero-order valence-corrected chi connectivity index (χ0v) is 12.2. The normalized spacial score (nSPS) is 14.1. The highest BCUT2D eigenvalue weighted by molar-refractivity contribution is 9.10. The second-order valence-corrected chi connectivity index (χ2v) is 5.62. The summed E-state index contributed by atoms with van der Waals surface area (Å²) in [6, 6.07) is 1.89. The third-order valence-electron chi connectivity index (χ3n) is 2.93. The Morgan fingerprint density at radius 2 is 2.05 bits per heavy atom. The van der Waals surface area contributed by atoms with Crippen LogP contribution in [0.1, 0.15) is 29.4 Å². The Hall–Kier alpha value is -1.83. The molecule has 0 aliphatic heterocycles. The van der Waals surface area contributed by atoms with Crippen molar-refractivity contribution in [2.75, 3.05) is 13.1 Å². The first-order valence-electron chi connectivity index (χ1n) is 6.05. The van der Waals surface area contributed by atoms with E-state index < -0.39 is 30.9 Å². The van der Waals surface area contributed by atoms with E-state index in [4.69, 9.17) is 10.8 Å². The van der Waals surface area contributed by atoms with Gasteiger partial charge in [-0.25, -0.2) is 0 Å². The number of nitrogens with two attached hydrogens (primary N) is 1. The molecule has 1 aliphatic carbocycles. The van der Waals surface area contributed by atoms with Gasteiger partial charge in [-0.15, -0.1) is 0 Å². The summed E-state index contributed by atoms with van der Waals surface area (Å²) in [6.07, 6.45) is 3.75. The zero-order chi connectivity index (χ0) is 14.9. The molecule has 0 spiro atoms. The fourth-order valence-corrected chi connectivity index (χ4v) is 2.42.